The molecule has 0 aliphatic heterocycles. The number of hydrogen-bond donors (Lipinski definition) is 2. The molecule has 7 heteroatoms. The lowest BCUT2D eigenvalue weighted by molar-refractivity contribution is -0.274. The molecule has 0 saturated heterocycles. The van der Waals surface area contributed by atoms with Crippen molar-refractivity contribution < 1.29 is 22.7 Å². The first kappa shape index (κ1) is 16.6. The summed E-state index contributed by atoms with van der Waals surface area (Å²) in [4.78, 5) is 11.9. The maximum Gasteiger partial charge on any atom is 0.573 e. The van der Waals surface area contributed by atoms with E-state index in [1.807, 2.05) is 0 Å². The van der Waals surface area contributed by atoms with Gasteiger partial charge in [-0.25, -0.2) is 0 Å². The number of rotatable bonds is 5. The van der Waals surface area contributed by atoms with Crippen LogP contribution in [0.2, 0.25) is 0 Å². The second-order valence-corrected chi connectivity index (χ2v) is 5.49. The molecule has 122 valence electrons. The highest BCUT2D eigenvalue weighted by Gasteiger charge is 2.32. The molecule has 0 unspecified atom stereocenters. The molecule has 3 N–H and O–H groups in total. The summed E-state index contributed by atoms with van der Waals surface area (Å²) in [5.74, 6) is -0.348. The molecule has 0 radical (unpaired) electrons. The number of ether oxygens (including phenoxy) is 1. The summed E-state index contributed by atoms with van der Waals surface area (Å²) in [5.41, 5.74) is 6.18. The number of nitrogens with two attached hydrogens (primary N) is 1. The molecule has 2 atom stereocenters. The Bertz CT molecular complexity index is 520. The van der Waals surface area contributed by atoms with Gasteiger partial charge in [0.05, 0.1) is 0 Å². The Hall–Kier alpha value is -1.76. The maximum absolute atomic E-state index is 12.3. The number of benzene rings is 1. The molecule has 1 amide bonds. The molecular weight excluding hydrogens is 297 g/mol. The number of carbonyl (C=O) groups is 1. The predicted octanol–water partition coefficient (Wildman–Crippen LogP) is 2.72. The lowest BCUT2D eigenvalue weighted by Crippen LogP contribution is -2.31. The number of halogens is 3. The Morgan fingerprint density at radius 2 is 2.05 bits per heavy atom. The highest BCUT2D eigenvalue weighted by Crippen LogP contribution is 2.28. The predicted molar refractivity (Wildman–Crippen MR) is 74.9 cm³/mol. The Morgan fingerprint density at radius 3 is 2.68 bits per heavy atom. The zero-order chi connectivity index (χ0) is 16.2. The van der Waals surface area contributed by atoms with Crippen LogP contribution >= 0.6 is 0 Å². The van der Waals surface area contributed by atoms with Crippen LogP contribution in [0.5, 0.6) is 5.75 Å². The van der Waals surface area contributed by atoms with Crippen molar-refractivity contribution in [3.8, 4) is 5.75 Å². The largest absolute Gasteiger partial charge is 0.573 e. The molecule has 22 heavy (non-hydrogen) atoms. The smallest absolute Gasteiger partial charge is 0.405 e. The van der Waals surface area contributed by atoms with E-state index in [2.05, 4.69) is 10.1 Å². The van der Waals surface area contributed by atoms with Gasteiger partial charge in [-0.3, -0.25) is 4.79 Å². The van der Waals surface area contributed by atoms with Gasteiger partial charge in [-0.1, -0.05) is 24.6 Å². The lowest BCUT2D eigenvalue weighted by Gasteiger charge is -2.16. The van der Waals surface area contributed by atoms with Gasteiger partial charge >= 0.3 is 6.36 Å². The second kappa shape index (κ2) is 7.00. The number of alkyl halides is 3. The first-order chi connectivity index (χ1) is 10.3. The minimum Gasteiger partial charge on any atom is -0.405 e. The third-order valence-electron chi connectivity index (χ3n) is 3.84. The summed E-state index contributed by atoms with van der Waals surface area (Å²) in [6.07, 6.45) is -1.59. The van der Waals surface area contributed by atoms with Gasteiger partial charge in [-0.2, -0.15) is 0 Å². The van der Waals surface area contributed by atoms with Gasteiger partial charge in [0.2, 0.25) is 5.91 Å². The van der Waals surface area contributed by atoms with Gasteiger partial charge < -0.3 is 15.8 Å². The van der Waals surface area contributed by atoms with Crippen LogP contribution in [-0.2, 0) is 11.3 Å². The van der Waals surface area contributed by atoms with Gasteiger partial charge in [0.25, 0.3) is 0 Å². The number of hydrogen-bond acceptors (Lipinski definition) is 3. The van der Waals surface area contributed by atoms with E-state index in [1.54, 1.807) is 6.07 Å². The van der Waals surface area contributed by atoms with E-state index in [-0.39, 0.29) is 35.7 Å². The standard InChI is InChI=1S/C15H19F3N2O2/c16-15(17,18)22-13-7-2-1-4-11(13)9-20-14(21)8-10-5-3-6-12(10)19/h1-2,4,7,10,12H,3,5-6,8-9,19H2,(H,20,21)/t10-,12+/m0/s1. The van der Waals surface area contributed by atoms with E-state index in [4.69, 9.17) is 5.73 Å². The zero-order valence-corrected chi connectivity index (χ0v) is 12.0. The van der Waals surface area contributed by atoms with E-state index in [0.29, 0.717) is 6.42 Å². The third kappa shape index (κ3) is 4.91. The molecule has 4 nitrogen and oxygen atoms in total. The lowest BCUT2D eigenvalue weighted by atomic mass is 10.00. The summed E-state index contributed by atoms with van der Waals surface area (Å²) < 4.78 is 40.9. The quantitative estimate of drug-likeness (QED) is 0.878. The second-order valence-electron chi connectivity index (χ2n) is 5.49. The molecule has 1 aliphatic rings. The molecule has 1 aromatic carbocycles. The first-order valence-corrected chi connectivity index (χ1v) is 7.21. The van der Waals surface area contributed by atoms with E-state index in [1.165, 1.54) is 18.2 Å². The van der Waals surface area contributed by atoms with E-state index < -0.39 is 6.36 Å². The third-order valence-corrected chi connectivity index (χ3v) is 3.84. The fourth-order valence-electron chi connectivity index (χ4n) is 2.70. The van der Waals surface area contributed by atoms with Crippen molar-refractivity contribution in [3.63, 3.8) is 0 Å². The average Bonchev–Trinajstić information content (AvgIpc) is 2.81. The molecule has 0 aromatic heterocycles. The SMILES string of the molecule is N[C@@H]1CCC[C@H]1CC(=O)NCc1ccccc1OC(F)(F)F. The molecule has 0 heterocycles. The highest BCUT2D eigenvalue weighted by molar-refractivity contribution is 5.76. The number of para-hydroxylation sites is 1. The Morgan fingerprint density at radius 1 is 1.32 bits per heavy atom. The minimum atomic E-state index is -4.75. The van der Waals surface area contributed by atoms with Crippen LogP contribution in [-0.4, -0.2) is 18.3 Å². The highest BCUT2D eigenvalue weighted by atomic mass is 19.4. The van der Waals surface area contributed by atoms with Gasteiger partial charge in [0.15, 0.2) is 0 Å². The summed E-state index contributed by atoms with van der Waals surface area (Å²) in [5, 5.41) is 2.63. The molecule has 0 bridgehead atoms. The zero-order valence-electron chi connectivity index (χ0n) is 12.0. The van der Waals surface area contributed by atoms with Gasteiger partial charge in [-0.05, 0) is 24.8 Å². The summed E-state index contributed by atoms with van der Waals surface area (Å²) >= 11 is 0. The van der Waals surface area contributed by atoms with Crippen molar-refractivity contribution in [2.45, 2.75) is 44.6 Å². The normalized spacial score (nSPS) is 21.6. The van der Waals surface area contributed by atoms with Crippen molar-refractivity contribution in [1.29, 1.82) is 0 Å². The van der Waals surface area contributed by atoms with E-state index >= 15 is 0 Å². The number of amides is 1. The van der Waals surface area contributed by atoms with Gasteiger partial charge in [0, 0.05) is 24.6 Å². The van der Waals surface area contributed by atoms with Crippen LogP contribution in [0.3, 0.4) is 0 Å². The molecule has 1 aromatic rings. The maximum atomic E-state index is 12.3. The van der Waals surface area contributed by atoms with Crippen molar-refractivity contribution >= 4 is 5.91 Å². The van der Waals surface area contributed by atoms with Crippen molar-refractivity contribution in [3.05, 3.63) is 29.8 Å². The van der Waals surface area contributed by atoms with Crippen LogP contribution in [0.1, 0.15) is 31.2 Å². The van der Waals surface area contributed by atoms with Gasteiger partial charge in [-0.15, -0.1) is 13.2 Å². The molecule has 2 rings (SSSR count). The first-order valence-electron chi connectivity index (χ1n) is 7.21. The van der Waals surface area contributed by atoms with Crippen molar-refractivity contribution in [1.82, 2.24) is 5.32 Å². The topological polar surface area (TPSA) is 64.4 Å². The minimum absolute atomic E-state index is 0.00690. The molecule has 0 spiro atoms. The van der Waals surface area contributed by atoms with Crippen molar-refractivity contribution in [2.75, 3.05) is 0 Å². The van der Waals surface area contributed by atoms with E-state index in [0.717, 1.165) is 19.3 Å². The summed E-state index contributed by atoms with van der Waals surface area (Å²) in [6.45, 7) is -0.00690. The Balaban J connectivity index is 1.89. The Kier molecular flexibility index (Phi) is 5.28. The van der Waals surface area contributed by atoms with Gasteiger partial charge in [0.1, 0.15) is 5.75 Å². The van der Waals surface area contributed by atoms with Crippen LogP contribution in [0.4, 0.5) is 13.2 Å². The van der Waals surface area contributed by atoms with Crippen molar-refractivity contribution in [2.24, 2.45) is 11.7 Å². The average molecular weight is 316 g/mol. The fourth-order valence-corrected chi connectivity index (χ4v) is 2.70. The van der Waals surface area contributed by atoms with Crippen LogP contribution in [0, 0.1) is 5.92 Å². The number of carbonyl (C=O) groups excluding carboxylic acids is 1. The fraction of sp³-hybridized carbons (Fsp3) is 0.533. The monoisotopic (exact) mass is 316 g/mol. The molecular formula is C15H19F3N2O2. The van der Waals surface area contributed by atoms with Crippen LogP contribution < -0.4 is 15.8 Å². The molecule has 1 saturated carbocycles. The van der Waals surface area contributed by atoms with E-state index in [9.17, 15) is 18.0 Å². The van der Waals surface area contributed by atoms with Crippen LogP contribution in [0.15, 0.2) is 24.3 Å². The van der Waals surface area contributed by atoms with Crippen LogP contribution in [0.25, 0.3) is 0 Å². The Labute approximate surface area is 126 Å². The molecule has 1 fully saturated rings. The summed E-state index contributed by atoms with van der Waals surface area (Å²) in [6, 6.07) is 5.79. The molecule has 1 aliphatic carbocycles. The number of nitrogens with one attached hydrogen (secondary N) is 1. The summed E-state index contributed by atoms with van der Waals surface area (Å²) in [7, 11) is 0.